The highest BCUT2D eigenvalue weighted by Crippen LogP contribution is 2.34. The summed E-state index contributed by atoms with van der Waals surface area (Å²) in [6.45, 7) is 4.21. The third kappa shape index (κ3) is 1.62. The quantitative estimate of drug-likeness (QED) is 0.842. The third-order valence-corrected chi connectivity index (χ3v) is 3.67. The van der Waals surface area contributed by atoms with Gasteiger partial charge in [-0.3, -0.25) is 0 Å². The van der Waals surface area contributed by atoms with Gasteiger partial charge in [-0.2, -0.15) is 0 Å². The molecule has 1 aromatic heterocycles. The molecule has 0 saturated heterocycles. The number of aromatic nitrogens is 2. The second kappa shape index (κ2) is 3.99. The summed E-state index contributed by atoms with van der Waals surface area (Å²) in [5.41, 5.74) is 3.55. The number of aryl methyl sites for hydroxylation is 1. The normalized spacial score (nSPS) is 16.5. The van der Waals surface area contributed by atoms with Gasteiger partial charge in [0.1, 0.15) is 5.82 Å². The van der Waals surface area contributed by atoms with Crippen LogP contribution >= 0.6 is 0 Å². The van der Waals surface area contributed by atoms with Gasteiger partial charge in [0.25, 0.3) is 0 Å². The molecule has 0 aliphatic carbocycles. The Hall–Kier alpha value is -2.01. The fourth-order valence-electron chi connectivity index (χ4n) is 2.81. The lowest BCUT2D eigenvalue weighted by Gasteiger charge is -2.16. The molecule has 0 saturated carbocycles. The number of rotatable bonds is 1. The van der Waals surface area contributed by atoms with E-state index in [2.05, 4.69) is 20.9 Å². The van der Waals surface area contributed by atoms with Crippen LogP contribution in [0, 0.1) is 6.92 Å². The molecule has 2 aromatic rings. The molecule has 5 nitrogen and oxygen atoms in total. The zero-order valence-corrected chi connectivity index (χ0v) is 10.8. The SMILES string of the molecule is Cc1nc2c(n1-c1ccc3c(c1)OCO3)CCNC2. The Morgan fingerprint density at radius 1 is 1.26 bits per heavy atom. The van der Waals surface area contributed by atoms with Crippen LogP contribution in [0.15, 0.2) is 18.2 Å². The van der Waals surface area contributed by atoms with Crippen LogP contribution in [-0.4, -0.2) is 22.9 Å². The number of nitrogens with zero attached hydrogens (tertiary/aromatic N) is 2. The standard InChI is InChI=1S/C14H15N3O2/c1-9-16-11-7-15-5-4-12(11)17(9)10-2-3-13-14(6-10)19-8-18-13/h2-3,6,15H,4-5,7-8H2,1H3. The van der Waals surface area contributed by atoms with Crippen molar-refractivity contribution in [2.45, 2.75) is 19.9 Å². The van der Waals surface area contributed by atoms with Gasteiger partial charge in [0, 0.05) is 31.3 Å². The number of ether oxygens (including phenoxy) is 2. The van der Waals surface area contributed by atoms with Crippen molar-refractivity contribution in [1.29, 1.82) is 0 Å². The van der Waals surface area contributed by atoms with E-state index in [1.165, 1.54) is 5.69 Å². The van der Waals surface area contributed by atoms with Crippen molar-refractivity contribution in [1.82, 2.24) is 14.9 Å². The van der Waals surface area contributed by atoms with Gasteiger partial charge < -0.3 is 19.4 Å². The largest absolute Gasteiger partial charge is 0.454 e. The van der Waals surface area contributed by atoms with Crippen molar-refractivity contribution < 1.29 is 9.47 Å². The smallest absolute Gasteiger partial charge is 0.231 e. The van der Waals surface area contributed by atoms with Crippen molar-refractivity contribution in [3.63, 3.8) is 0 Å². The molecule has 4 rings (SSSR count). The van der Waals surface area contributed by atoms with E-state index < -0.39 is 0 Å². The highest BCUT2D eigenvalue weighted by atomic mass is 16.7. The number of benzene rings is 1. The van der Waals surface area contributed by atoms with E-state index in [9.17, 15) is 0 Å². The van der Waals surface area contributed by atoms with Gasteiger partial charge >= 0.3 is 0 Å². The zero-order chi connectivity index (χ0) is 12.8. The molecule has 2 aliphatic heterocycles. The Kier molecular flexibility index (Phi) is 2.29. The van der Waals surface area contributed by atoms with Crippen LogP contribution in [-0.2, 0) is 13.0 Å². The first-order valence-corrected chi connectivity index (χ1v) is 6.51. The van der Waals surface area contributed by atoms with Crippen LogP contribution in [0.25, 0.3) is 5.69 Å². The minimum Gasteiger partial charge on any atom is -0.454 e. The molecule has 0 bridgehead atoms. The van der Waals surface area contributed by atoms with Gasteiger partial charge in [-0.05, 0) is 19.1 Å². The van der Waals surface area contributed by atoms with E-state index >= 15 is 0 Å². The number of hydrogen-bond donors (Lipinski definition) is 1. The highest BCUT2D eigenvalue weighted by Gasteiger charge is 2.20. The summed E-state index contributed by atoms with van der Waals surface area (Å²) in [6, 6.07) is 6.05. The van der Waals surface area contributed by atoms with Crippen LogP contribution in [0.4, 0.5) is 0 Å². The Balaban J connectivity index is 1.86. The summed E-state index contributed by atoms with van der Waals surface area (Å²) in [4.78, 5) is 4.65. The lowest BCUT2D eigenvalue weighted by atomic mass is 10.1. The van der Waals surface area contributed by atoms with E-state index in [4.69, 9.17) is 9.47 Å². The molecule has 98 valence electrons. The first kappa shape index (κ1) is 10.9. The van der Waals surface area contributed by atoms with Crippen LogP contribution in [0.5, 0.6) is 11.5 Å². The van der Waals surface area contributed by atoms with Crippen molar-refractivity contribution >= 4 is 0 Å². The molecule has 5 heteroatoms. The Morgan fingerprint density at radius 2 is 2.16 bits per heavy atom. The van der Waals surface area contributed by atoms with Gasteiger partial charge in [-0.15, -0.1) is 0 Å². The van der Waals surface area contributed by atoms with Gasteiger partial charge in [0.05, 0.1) is 11.4 Å². The summed E-state index contributed by atoms with van der Waals surface area (Å²) in [6.07, 6.45) is 1.00. The summed E-state index contributed by atoms with van der Waals surface area (Å²) in [5, 5.41) is 3.35. The van der Waals surface area contributed by atoms with Crippen molar-refractivity contribution in [2.24, 2.45) is 0 Å². The minimum absolute atomic E-state index is 0.309. The van der Waals surface area contributed by atoms with E-state index in [-0.39, 0.29) is 0 Å². The molecule has 0 unspecified atom stereocenters. The summed E-state index contributed by atoms with van der Waals surface area (Å²) < 4.78 is 13.0. The molecule has 0 atom stereocenters. The summed E-state index contributed by atoms with van der Waals surface area (Å²) in [5.74, 6) is 2.65. The van der Waals surface area contributed by atoms with Gasteiger partial charge in [-0.25, -0.2) is 4.98 Å². The third-order valence-electron chi connectivity index (χ3n) is 3.67. The number of nitrogens with one attached hydrogen (secondary N) is 1. The average Bonchev–Trinajstić information content (AvgIpc) is 3.00. The van der Waals surface area contributed by atoms with Crippen LogP contribution in [0.3, 0.4) is 0 Å². The lowest BCUT2D eigenvalue weighted by molar-refractivity contribution is 0.174. The van der Waals surface area contributed by atoms with Crippen LogP contribution in [0.2, 0.25) is 0 Å². The maximum Gasteiger partial charge on any atom is 0.231 e. The molecular formula is C14H15N3O2. The molecular weight excluding hydrogens is 242 g/mol. The highest BCUT2D eigenvalue weighted by molar-refractivity contribution is 5.51. The first-order chi connectivity index (χ1) is 9.33. The Bertz CT molecular complexity index is 648. The predicted molar refractivity (Wildman–Crippen MR) is 69.8 cm³/mol. The van der Waals surface area contributed by atoms with Gasteiger partial charge in [0.15, 0.2) is 11.5 Å². The second-order valence-corrected chi connectivity index (χ2v) is 4.85. The Labute approximate surface area is 111 Å². The number of hydrogen-bond acceptors (Lipinski definition) is 4. The average molecular weight is 257 g/mol. The minimum atomic E-state index is 0.309. The van der Waals surface area contributed by atoms with Gasteiger partial charge in [0.2, 0.25) is 6.79 Å². The molecule has 0 amide bonds. The topological polar surface area (TPSA) is 48.3 Å². The molecule has 2 aliphatic rings. The van der Waals surface area contributed by atoms with Crippen LogP contribution in [0.1, 0.15) is 17.2 Å². The Morgan fingerprint density at radius 3 is 3.11 bits per heavy atom. The van der Waals surface area contributed by atoms with E-state index in [1.54, 1.807) is 0 Å². The maximum absolute atomic E-state index is 5.45. The monoisotopic (exact) mass is 257 g/mol. The predicted octanol–water partition coefficient (Wildman–Crippen LogP) is 1.56. The molecule has 1 N–H and O–H groups in total. The van der Waals surface area contributed by atoms with Crippen molar-refractivity contribution in [2.75, 3.05) is 13.3 Å². The fraction of sp³-hybridized carbons (Fsp3) is 0.357. The molecule has 1 aromatic carbocycles. The molecule has 0 radical (unpaired) electrons. The van der Waals surface area contributed by atoms with Crippen molar-refractivity contribution in [3.8, 4) is 17.2 Å². The van der Waals surface area contributed by atoms with Gasteiger partial charge in [-0.1, -0.05) is 0 Å². The molecule has 0 fully saturated rings. The zero-order valence-electron chi connectivity index (χ0n) is 10.8. The van der Waals surface area contributed by atoms with E-state index in [0.29, 0.717) is 6.79 Å². The number of fused-ring (bicyclic) bond motifs is 2. The second-order valence-electron chi connectivity index (χ2n) is 4.85. The fourth-order valence-corrected chi connectivity index (χ4v) is 2.81. The van der Waals surface area contributed by atoms with E-state index in [0.717, 1.165) is 48.2 Å². The van der Waals surface area contributed by atoms with Crippen molar-refractivity contribution in [3.05, 3.63) is 35.4 Å². The summed E-state index contributed by atoms with van der Waals surface area (Å²) in [7, 11) is 0. The lowest BCUT2D eigenvalue weighted by Crippen LogP contribution is -2.24. The van der Waals surface area contributed by atoms with E-state index in [1.807, 2.05) is 19.1 Å². The summed E-state index contributed by atoms with van der Waals surface area (Å²) >= 11 is 0. The first-order valence-electron chi connectivity index (χ1n) is 6.51. The number of imidazole rings is 1. The molecule has 0 spiro atoms. The molecule has 19 heavy (non-hydrogen) atoms. The van der Waals surface area contributed by atoms with Crippen LogP contribution < -0.4 is 14.8 Å². The molecule has 3 heterocycles. The maximum atomic E-state index is 5.45.